The first-order valence-electron chi connectivity index (χ1n) is 9.56. The molecular formula is C18H33Cl2PPd. The van der Waals surface area contributed by atoms with E-state index in [-0.39, 0.29) is 20.4 Å². The van der Waals surface area contributed by atoms with E-state index in [9.17, 15) is 0 Å². The van der Waals surface area contributed by atoms with Crippen molar-refractivity contribution in [1.29, 1.82) is 0 Å². The Hall–Kier alpha value is 1.67. The monoisotopic (exact) mass is 456 g/mol. The van der Waals surface area contributed by atoms with Crippen molar-refractivity contribution in [2.24, 2.45) is 0 Å². The van der Waals surface area contributed by atoms with E-state index in [1.165, 1.54) is 96.3 Å². The molecule has 0 radical (unpaired) electrons. The quantitative estimate of drug-likeness (QED) is 0.299. The third-order valence-corrected chi connectivity index (χ3v) is 17.5. The smallest absolute Gasteiger partial charge is 0 e. The van der Waals surface area contributed by atoms with Crippen LogP contribution < -0.4 is 0 Å². The van der Waals surface area contributed by atoms with Crippen LogP contribution in [0, 0.1) is 0 Å². The summed E-state index contributed by atoms with van der Waals surface area (Å²) in [5.41, 5.74) is 2.04. The molecule has 0 N–H and O–H groups in total. The first-order chi connectivity index (χ1) is 10.1. The largest absolute Gasteiger partial charge is 0 e. The van der Waals surface area contributed by atoms with E-state index in [4.69, 9.17) is 22.5 Å². The summed E-state index contributed by atoms with van der Waals surface area (Å²) in [5.74, 6) is 0. The Morgan fingerprint density at radius 3 is 0.909 bits per heavy atom. The van der Waals surface area contributed by atoms with Crippen molar-refractivity contribution in [1.82, 2.24) is 0 Å². The van der Waals surface area contributed by atoms with Gasteiger partial charge in [-0.25, -0.2) is 0 Å². The molecule has 0 amide bonds. The predicted octanol–water partition coefficient (Wildman–Crippen LogP) is 7.84. The van der Waals surface area contributed by atoms with Crippen molar-refractivity contribution in [3.63, 3.8) is 0 Å². The molecule has 0 aromatic rings. The number of rotatable bonds is 3. The summed E-state index contributed by atoms with van der Waals surface area (Å²) in [4.78, 5) is 0. The Labute approximate surface area is 161 Å². The van der Waals surface area contributed by atoms with Gasteiger partial charge in [0, 0.05) is 20.4 Å². The zero-order valence-electron chi connectivity index (χ0n) is 13.9. The van der Waals surface area contributed by atoms with Gasteiger partial charge in [-0.2, -0.15) is 0 Å². The molecule has 3 rings (SSSR count). The standard InChI is InChI=1S/C18H33Cl2P.Pd/c19-21(20,16-10-4-1-5-11-16,17-12-6-2-7-13-17)18-14-8-3-9-15-18;/h16-18H,1-15H2;. The molecule has 0 unspecified atom stereocenters. The van der Waals surface area contributed by atoms with Crippen LogP contribution in [-0.4, -0.2) is 17.0 Å². The van der Waals surface area contributed by atoms with Gasteiger partial charge in [-0.05, 0) is 0 Å². The Morgan fingerprint density at radius 1 is 0.455 bits per heavy atom. The van der Waals surface area contributed by atoms with Gasteiger partial charge in [-0.3, -0.25) is 0 Å². The molecule has 3 saturated carbocycles. The Bertz CT molecular complexity index is 291. The molecule has 22 heavy (non-hydrogen) atoms. The first-order valence-corrected chi connectivity index (χ1v) is 13.8. The van der Waals surface area contributed by atoms with E-state index < -0.39 is 5.31 Å². The zero-order valence-corrected chi connectivity index (χ0v) is 17.8. The summed E-state index contributed by atoms with van der Waals surface area (Å²) in [6.45, 7) is 0. The maximum atomic E-state index is 7.73. The van der Waals surface area contributed by atoms with Gasteiger partial charge in [0.15, 0.2) is 0 Å². The van der Waals surface area contributed by atoms with Crippen LogP contribution >= 0.6 is 27.8 Å². The van der Waals surface area contributed by atoms with E-state index in [0.717, 1.165) is 0 Å². The SMILES string of the molecule is ClP(Cl)(C1CCCCC1)(C1CCCCC1)C1CCCCC1.[Pd]. The van der Waals surface area contributed by atoms with Crippen LogP contribution in [0.3, 0.4) is 0 Å². The predicted molar refractivity (Wildman–Crippen MR) is 99.2 cm³/mol. The average Bonchev–Trinajstić information content (AvgIpc) is 2.57. The Kier molecular flexibility index (Phi) is 7.60. The number of hydrogen-bond acceptors (Lipinski definition) is 0. The third kappa shape index (κ3) is 3.75. The molecule has 0 nitrogen and oxygen atoms in total. The van der Waals surface area contributed by atoms with Crippen LogP contribution in [0.1, 0.15) is 96.3 Å². The van der Waals surface area contributed by atoms with Crippen molar-refractivity contribution >= 4 is 27.8 Å². The van der Waals surface area contributed by atoms with Crippen LogP contribution in [-0.2, 0) is 20.4 Å². The molecule has 0 heterocycles. The summed E-state index contributed by atoms with van der Waals surface area (Å²) < 4.78 is 0. The summed E-state index contributed by atoms with van der Waals surface area (Å²) in [6, 6.07) is 0. The van der Waals surface area contributed by atoms with Crippen molar-refractivity contribution < 1.29 is 20.4 Å². The molecule has 134 valence electrons. The zero-order chi connectivity index (χ0) is 14.8. The van der Waals surface area contributed by atoms with Crippen LogP contribution in [0.5, 0.6) is 0 Å². The Morgan fingerprint density at radius 2 is 0.682 bits per heavy atom. The molecule has 4 heteroatoms. The molecular weight excluding hydrogens is 424 g/mol. The fraction of sp³-hybridized carbons (Fsp3) is 1.00. The minimum absolute atomic E-state index is 0. The van der Waals surface area contributed by atoms with Gasteiger partial charge in [-0.15, -0.1) is 0 Å². The average molecular weight is 458 g/mol. The van der Waals surface area contributed by atoms with Crippen molar-refractivity contribution in [2.45, 2.75) is 113 Å². The topological polar surface area (TPSA) is 0 Å². The van der Waals surface area contributed by atoms with E-state index in [0.29, 0.717) is 17.0 Å². The molecule has 0 atom stereocenters. The van der Waals surface area contributed by atoms with Crippen LogP contribution in [0.4, 0.5) is 0 Å². The van der Waals surface area contributed by atoms with E-state index in [2.05, 4.69) is 0 Å². The molecule has 3 aliphatic rings. The van der Waals surface area contributed by atoms with Crippen LogP contribution in [0.25, 0.3) is 0 Å². The minimum atomic E-state index is -2.60. The molecule has 0 saturated heterocycles. The van der Waals surface area contributed by atoms with Crippen molar-refractivity contribution in [3.8, 4) is 0 Å². The number of hydrogen-bond donors (Lipinski definition) is 0. The summed E-state index contributed by atoms with van der Waals surface area (Å²) >= 11 is 15.5. The molecule has 3 aliphatic carbocycles. The molecule has 0 bridgehead atoms. The van der Waals surface area contributed by atoms with Crippen LogP contribution in [0.2, 0.25) is 0 Å². The van der Waals surface area contributed by atoms with E-state index in [1.807, 2.05) is 0 Å². The van der Waals surface area contributed by atoms with E-state index >= 15 is 0 Å². The molecule has 0 aliphatic heterocycles. The summed E-state index contributed by atoms with van der Waals surface area (Å²) in [7, 11) is 0. The number of halogens is 2. The van der Waals surface area contributed by atoms with Gasteiger partial charge in [0.25, 0.3) is 0 Å². The minimum Gasteiger partial charge on any atom is 0 e. The van der Waals surface area contributed by atoms with Gasteiger partial charge < -0.3 is 0 Å². The van der Waals surface area contributed by atoms with Crippen molar-refractivity contribution in [2.75, 3.05) is 0 Å². The van der Waals surface area contributed by atoms with E-state index in [1.54, 1.807) is 0 Å². The van der Waals surface area contributed by atoms with Crippen LogP contribution in [0.15, 0.2) is 0 Å². The van der Waals surface area contributed by atoms with Gasteiger partial charge in [0.05, 0.1) is 0 Å². The van der Waals surface area contributed by atoms with Gasteiger partial charge in [-0.1, -0.05) is 0 Å². The first kappa shape index (κ1) is 20.0. The van der Waals surface area contributed by atoms with Gasteiger partial charge >= 0.3 is 141 Å². The van der Waals surface area contributed by atoms with Gasteiger partial charge in [0.1, 0.15) is 0 Å². The molecule has 3 fully saturated rings. The molecule has 0 spiro atoms. The second-order valence-corrected chi connectivity index (χ2v) is 17.4. The summed E-state index contributed by atoms with van der Waals surface area (Å²) in [5, 5.41) is -2.60. The molecule has 0 aromatic heterocycles. The fourth-order valence-corrected chi connectivity index (χ4v) is 15.0. The van der Waals surface area contributed by atoms with Gasteiger partial charge in [0.2, 0.25) is 0 Å². The maximum absolute atomic E-state index is 7.73. The third-order valence-electron chi connectivity index (χ3n) is 6.82. The second-order valence-electron chi connectivity index (χ2n) is 7.97. The second kappa shape index (κ2) is 8.37. The normalized spacial score (nSPS) is 28.5. The molecule has 0 aromatic carbocycles. The Balaban J connectivity index is 0.00000176. The van der Waals surface area contributed by atoms with Crippen molar-refractivity contribution in [3.05, 3.63) is 0 Å². The fourth-order valence-electron chi connectivity index (χ4n) is 5.62. The summed E-state index contributed by atoms with van der Waals surface area (Å²) in [6.07, 6.45) is 20.5. The maximum Gasteiger partial charge on any atom is 0 e.